The quantitative estimate of drug-likeness (QED) is 0.748. The molecule has 0 fully saturated rings. The third-order valence-corrected chi connectivity index (χ3v) is 2.97. The van der Waals surface area contributed by atoms with Crippen molar-refractivity contribution in [2.45, 2.75) is 19.8 Å². The van der Waals surface area contributed by atoms with E-state index in [0.29, 0.717) is 33.4 Å². The first-order chi connectivity index (χ1) is 8.13. The van der Waals surface area contributed by atoms with Crippen molar-refractivity contribution < 1.29 is 4.74 Å². The molecule has 4 heteroatoms. The molecule has 0 bridgehead atoms. The van der Waals surface area contributed by atoms with Gasteiger partial charge in [-0.15, -0.1) is 0 Å². The molecule has 2 nitrogen and oxygen atoms in total. The highest BCUT2D eigenvalue weighted by Crippen LogP contribution is 2.34. The lowest BCUT2D eigenvalue weighted by atomic mass is 10.1. The van der Waals surface area contributed by atoms with E-state index in [-0.39, 0.29) is 0 Å². The molecular formula is C13H13Cl2NO. The lowest BCUT2D eigenvalue weighted by molar-refractivity contribution is 0.413. The fraction of sp³-hybridized carbons (Fsp3) is 0.308. The Labute approximate surface area is 111 Å². The summed E-state index contributed by atoms with van der Waals surface area (Å²) in [6.07, 6.45) is 1.52. The van der Waals surface area contributed by atoms with Gasteiger partial charge in [0.25, 0.3) is 0 Å². The number of benzene rings is 1. The second-order valence-corrected chi connectivity index (χ2v) is 4.31. The van der Waals surface area contributed by atoms with Crippen LogP contribution in [0.1, 0.15) is 25.3 Å². The molecule has 0 aromatic heterocycles. The van der Waals surface area contributed by atoms with E-state index in [4.69, 9.17) is 33.2 Å². The maximum Gasteiger partial charge on any atom is 0.129 e. The van der Waals surface area contributed by atoms with Crippen LogP contribution in [0.3, 0.4) is 0 Å². The van der Waals surface area contributed by atoms with E-state index in [1.807, 2.05) is 6.92 Å². The van der Waals surface area contributed by atoms with Crippen LogP contribution in [0.25, 0.3) is 5.03 Å². The number of ether oxygens (including phenoxy) is 1. The van der Waals surface area contributed by atoms with Crippen molar-refractivity contribution >= 4 is 28.2 Å². The zero-order valence-electron chi connectivity index (χ0n) is 9.76. The number of nitrogens with zero attached hydrogens (tertiary/aromatic N) is 1. The standard InChI is InChI=1S/C13H13Cl2NO/c1-3-4-9(8-16)13(15)11-6-5-10(14)7-12(11)17-2/h5-7H,3-4H2,1-2H3. The number of hydrogen-bond acceptors (Lipinski definition) is 2. The predicted octanol–water partition coefficient (Wildman–Crippen LogP) is 4.62. The van der Waals surface area contributed by atoms with Gasteiger partial charge >= 0.3 is 0 Å². The average molecular weight is 270 g/mol. The summed E-state index contributed by atoms with van der Waals surface area (Å²) < 4.78 is 5.21. The highest BCUT2D eigenvalue weighted by atomic mass is 35.5. The molecule has 0 spiro atoms. The molecule has 0 aliphatic heterocycles. The summed E-state index contributed by atoms with van der Waals surface area (Å²) in [6, 6.07) is 7.29. The maximum atomic E-state index is 9.05. The molecule has 0 unspecified atom stereocenters. The molecule has 0 saturated carbocycles. The lowest BCUT2D eigenvalue weighted by Gasteiger charge is -2.09. The fourth-order valence-corrected chi connectivity index (χ4v) is 1.93. The van der Waals surface area contributed by atoms with Crippen molar-refractivity contribution in [1.29, 1.82) is 5.26 Å². The fourth-order valence-electron chi connectivity index (χ4n) is 1.47. The minimum atomic E-state index is 0.433. The van der Waals surface area contributed by atoms with Crippen LogP contribution in [0.4, 0.5) is 0 Å². The van der Waals surface area contributed by atoms with Crippen molar-refractivity contribution in [3.8, 4) is 11.8 Å². The predicted molar refractivity (Wildman–Crippen MR) is 71.3 cm³/mol. The van der Waals surface area contributed by atoms with Crippen molar-refractivity contribution in [2.24, 2.45) is 0 Å². The van der Waals surface area contributed by atoms with Crippen molar-refractivity contribution in [1.82, 2.24) is 0 Å². The molecule has 0 N–H and O–H groups in total. The van der Waals surface area contributed by atoms with Crippen LogP contribution in [-0.2, 0) is 0 Å². The van der Waals surface area contributed by atoms with Crippen LogP contribution in [-0.4, -0.2) is 7.11 Å². The van der Waals surface area contributed by atoms with Gasteiger partial charge < -0.3 is 4.74 Å². The van der Waals surface area contributed by atoms with E-state index in [1.165, 1.54) is 0 Å². The zero-order chi connectivity index (χ0) is 12.8. The Morgan fingerprint density at radius 1 is 1.47 bits per heavy atom. The van der Waals surface area contributed by atoms with Gasteiger partial charge in [0.1, 0.15) is 5.75 Å². The Morgan fingerprint density at radius 3 is 2.71 bits per heavy atom. The monoisotopic (exact) mass is 269 g/mol. The van der Waals surface area contributed by atoms with Gasteiger partial charge in [-0.1, -0.05) is 36.5 Å². The Bertz CT molecular complexity index is 475. The Balaban J connectivity index is 3.28. The highest BCUT2D eigenvalue weighted by Gasteiger charge is 2.11. The summed E-state index contributed by atoms with van der Waals surface area (Å²) in [5.74, 6) is 0.575. The maximum absolute atomic E-state index is 9.05. The van der Waals surface area contributed by atoms with Gasteiger partial charge in [-0.05, 0) is 24.6 Å². The van der Waals surface area contributed by atoms with E-state index in [1.54, 1.807) is 25.3 Å². The number of rotatable bonds is 4. The number of methoxy groups -OCH3 is 1. The van der Waals surface area contributed by atoms with Gasteiger partial charge in [0.05, 0.1) is 18.2 Å². The molecule has 1 rings (SSSR count). The Morgan fingerprint density at radius 2 is 2.18 bits per heavy atom. The number of nitriles is 1. The van der Waals surface area contributed by atoms with Gasteiger partial charge in [0.2, 0.25) is 0 Å². The minimum absolute atomic E-state index is 0.433. The summed E-state index contributed by atoms with van der Waals surface area (Å²) in [7, 11) is 1.55. The summed E-state index contributed by atoms with van der Waals surface area (Å²) in [6.45, 7) is 2.00. The van der Waals surface area contributed by atoms with Crippen LogP contribution in [0.2, 0.25) is 5.02 Å². The first-order valence-corrected chi connectivity index (χ1v) is 6.02. The molecule has 1 aromatic carbocycles. The van der Waals surface area contributed by atoms with Crippen LogP contribution in [0.15, 0.2) is 23.8 Å². The molecule has 17 heavy (non-hydrogen) atoms. The van der Waals surface area contributed by atoms with E-state index in [9.17, 15) is 0 Å². The Kier molecular flexibility index (Phi) is 5.34. The molecule has 0 aliphatic rings. The number of halogens is 2. The average Bonchev–Trinajstić information content (AvgIpc) is 2.34. The smallest absolute Gasteiger partial charge is 0.129 e. The lowest BCUT2D eigenvalue weighted by Crippen LogP contribution is -1.91. The zero-order valence-corrected chi connectivity index (χ0v) is 11.3. The van der Waals surface area contributed by atoms with Crippen LogP contribution in [0, 0.1) is 11.3 Å². The van der Waals surface area contributed by atoms with Crippen LogP contribution >= 0.6 is 23.2 Å². The molecule has 0 aliphatic carbocycles. The second-order valence-electron chi connectivity index (χ2n) is 3.50. The summed E-state index contributed by atoms with van der Waals surface area (Å²) in [4.78, 5) is 0. The molecule has 1 aromatic rings. The minimum Gasteiger partial charge on any atom is -0.496 e. The Hall–Kier alpha value is -1.17. The SMILES string of the molecule is CCCC(C#N)=C(Cl)c1ccc(Cl)cc1OC. The van der Waals surface area contributed by atoms with Crippen LogP contribution in [0.5, 0.6) is 5.75 Å². The third kappa shape index (κ3) is 3.39. The van der Waals surface area contributed by atoms with Gasteiger partial charge in [-0.25, -0.2) is 0 Å². The van der Waals surface area contributed by atoms with E-state index >= 15 is 0 Å². The third-order valence-electron chi connectivity index (χ3n) is 2.30. The molecule has 0 amide bonds. The molecule has 0 heterocycles. The molecule has 0 atom stereocenters. The van der Waals surface area contributed by atoms with E-state index < -0.39 is 0 Å². The van der Waals surface area contributed by atoms with Crippen molar-refractivity contribution in [3.63, 3.8) is 0 Å². The first kappa shape index (κ1) is 13.9. The summed E-state index contributed by atoms with van der Waals surface area (Å²) in [5.41, 5.74) is 1.26. The van der Waals surface area contributed by atoms with Gasteiger partial charge in [0.15, 0.2) is 0 Å². The molecule has 0 radical (unpaired) electrons. The summed E-state index contributed by atoms with van der Waals surface area (Å²) >= 11 is 12.1. The van der Waals surface area contributed by atoms with Crippen LogP contribution < -0.4 is 4.74 Å². The van der Waals surface area contributed by atoms with Gasteiger partial charge in [-0.3, -0.25) is 0 Å². The van der Waals surface area contributed by atoms with Crippen molar-refractivity contribution in [2.75, 3.05) is 7.11 Å². The number of allylic oxidation sites excluding steroid dienone is 1. The highest BCUT2D eigenvalue weighted by molar-refractivity contribution is 6.50. The molecule has 0 saturated heterocycles. The summed E-state index contributed by atoms with van der Waals surface area (Å²) in [5, 5.41) is 10.1. The number of hydrogen-bond donors (Lipinski definition) is 0. The van der Waals surface area contributed by atoms with Crippen molar-refractivity contribution in [3.05, 3.63) is 34.4 Å². The largest absolute Gasteiger partial charge is 0.496 e. The topological polar surface area (TPSA) is 33.0 Å². The molecule has 90 valence electrons. The second kappa shape index (κ2) is 6.54. The molecular weight excluding hydrogens is 257 g/mol. The van der Waals surface area contributed by atoms with Gasteiger partial charge in [-0.2, -0.15) is 5.26 Å². The van der Waals surface area contributed by atoms with E-state index in [2.05, 4.69) is 6.07 Å². The first-order valence-electron chi connectivity index (χ1n) is 5.26. The normalized spacial score (nSPS) is 11.7. The van der Waals surface area contributed by atoms with E-state index in [0.717, 1.165) is 6.42 Å². The van der Waals surface area contributed by atoms with Gasteiger partial charge in [0, 0.05) is 16.2 Å².